The molecule has 0 saturated carbocycles. The zero-order valence-corrected chi connectivity index (χ0v) is 26.1. The second kappa shape index (κ2) is 23.1. The molecule has 0 unspecified atom stereocenters. The van der Waals surface area contributed by atoms with Gasteiger partial charge in [-0.2, -0.15) is 0 Å². The van der Waals surface area contributed by atoms with E-state index in [4.69, 9.17) is 37.9 Å². The Balaban J connectivity index is 1.12. The number of ether oxygens (including phenoxy) is 8. The van der Waals surface area contributed by atoms with Gasteiger partial charge >= 0.3 is 0 Å². The molecule has 0 atom stereocenters. The number of fused-ring (bicyclic) bond motifs is 2. The zero-order valence-electron chi connectivity index (χ0n) is 26.1. The Labute approximate surface area is 257 Å². The summed E-state index contributed by atoms with van der Waals surface area (Å²) in [6, 6.07) is 16.8. The maximum atomic E-state index is 6.09. The third-order valence-corrected chi connectivity index (χ3v) is 6.84. The van der Waals surface area contributed by atoms with Crippen molar-refractivity contribution in [2.75, 3.05) is 113 Å². The Kier molecular flexibility index (Phi) is 18.9. The maximum absolute atomic E-state index is 6.09. The lowest BCUT2D eigenvalue weighted by Crippen LogP contribution is -2.24. The monoisotopic (exact) mass is 601 g/mol. The zero-order chi connectivity index (χ0) is 30.2. The largest absolute Gasteiger partial charge is 0.488 e. The molecule has 2 aromatic rings. The van der Waals surface area contributed by atoms with Gasteiger partial charge in [-0.15, -0.1) is 0 Å². The van der Waals surface area contributed by atoms with Crippen LogP contribution < -0.4 is 4.74 Å². The van der Waals surface area contributed by atoms with Crippen LogP contribution in [-0.2, 0) is 39.8 Å². The van der Waals surface area contributed by atoms with E-state index in [1.165, 1.54) is 16.7 Å². The van der Waals surface area contributed by atoms with E-state index in [9.17, 15) is 0 Å². The predicted molar refractivity (Wildman–Crippen MR) is 168 cm³/mol. The Bertz CT molecular complexity index is 968. The van der Waals surface area contributed by atoms with E-state index in [-0.39, 0.29) is 0 Å². The number of methoxy groups -OCH3 is 1. The van der Waals surface area contributed by atoms with Gasteiger partial charge in [0.2, 0.25) is 0 Å². The third-order valence-electron chi connectivity index (χ3n) is 6.84. The van der Waals surface area contributed by atoms with Crippen molar-refractivity contribution in [2.45, 2.75) is 19.4 Å². The molecule has 0 bridgehead atoms. The highest BCUT2D eigenvalue weighted by molar-refractivity contribution is 5.84. The van der Waals surface area contributed by atoms with Gasteiger partial charge in [0.25, 0.3) is 0 Å². The van der Waals surface area contributed by atoms with Gasteiger partial charge in [-0.05, 0) is 42.7 Å². The van der Waals surface area contributed by atoms with Gasteiger partial charge in [0, 0.05) is 39.0 Å². The van der Waals surface area contributed by atoms with Gasteiger partial charge in [-0.1, -0.05) is 48.5 Å². The second-order valence-corrected chi connectivity index (χ2v) is 10.2. The highest BCUT2D eigenvalue weighted by atomic mass is 16.6. The van der Waals surface area contributed by atoms with Gasteiger partial charge in [0.1, 0.15) is 12.4 Å². The lowest BCUT2D eigenvalue weighted by atomic mass is 9.93. The average Bonchev–Trinajstić information content (AvgIpc) is 3.19. The van der Waals surface area contributed by atoms with Crippen molar-refractivity contribution in [2.24, 2.45) is 0 Å². The van der Waals surface area contributed by atoms with Crippen LogP contribution in [0.3, 0.4) is 0 Å². The van der Waals surface area contributed by atoms with Crippen molar-refractivity contribution in [1.82, 2.24) is 4.90 Å². The van der Waals surface area contributed by atoms with E-state index in [0.717, 1.165) is 43.9 Å². The Hall–Kier alpha value is -2.34. The number of hydrogen-bond acceptors (Lipinski definition) is 9. The number of rotatable bonds is 25. The number of likely N-dealkylation sites (N-methyl/N-ethyl adjacent to an activating group) is 1. The van der Waals surface area contributed by atoms with Crippen molar-refractivity contribution in [3.8, 4) is 5.75 Å². The first-order valence-electron chi connectivity index (χ1n) is 15.4. The van der Waals surface area contributed by atoms with E-state index < -0.39 is 0 Å². The molecular weight excluding hydrogens is 550 g/mol. The molecule has 0 spiro atoms. The standard InChI is InChI=1S/C34H51NO8/c1-35(14-7-12-32-31-10-4-3-9-30(31)29-43-34-13-6-5-11-33(32)34)15-18-38-20-22-40-24-26-42-28-27-41-25-23-39-21-19-37-17-8-16-36-2/h3-6,9-13H,7-8,14-29H2,1-2H3/b32-12-. The molecule has 1 aliphatic rings. The summed E-state index contributed by atoms with van der Waals surface area (Å²) in [5, 5.41) is 0. The summed E-state index contributed by atoms with van der Waals surface area (Å²) in [7, 11) is 3.82. The van der Waals surface area contributed by atoms with Crippen LogP contribution in [0.5, 0.6) is 5.75 Å². The Morgan fingerprint density at radius 1 is 0.628 bits per heavy atom. The smallest absolute Gasteiger partial charge is 0.127 e. The molecule has 43 heavy (non-hydrogen) atoms. The van der Waals surface area contributed by atoms with E-state index in [1.807, 2.05) is 6.07 Å². The van der Waals surface area contributed by atoms with Crippen LogP contribution in [0.4, 0.5) is 0 Å². The summed E-state index contributed by atoms with van der Waals surface area (Å²) in [4.78, 5) is 2.30. The molecule has 1 aliphatic heterocycles. The molecule has 0 amide bonds. The summed E-state index contributed by atoms with van der Waals surface area (Å²) in [5.74, 6) is 0.943. The van der Waals surface area contributed by atoms with Crippen molar-refractivity contribution < 1.29 is 37.9 Å². The fourth-order valence-electron chi connectivity index (χ4n) is 4.51. The number of nitrogens with zero attached hydrogens (tertiary/aromatic N) is 1. The first-order valence-corrected chi connectivity index (χ1v) is 15.4. The maximum Gasteiger partial charge on any atom is 0.127 e. The van der Waals surface area contributed by atoms with E-state index in [0.29, 0.717) is 85.9 Å². The van der Waals surface area contributed by atoms with Gasteiger partial charge in [-0.25, -0.2) is 0 Å². The summed E-state index contributed by atoms with van der Waals surface area (Å²) in [5.41, 5.74) is 4.88. The normalized spacial score (nSPS) is 13.6. The molecule has 2 aromatic carbocycles. The van der Waals surface area contributed by atoms with Crippen LogP contribution in [0.25, 0.3) is 5.57 Å². The number of para-hydroxylation sites is 1. The molecule has 0 aromatic heterocycles. The molecule has 1 heterocycles. The minimum atomic E-state index is 0.540. The fourth-order valence-corrected chi connectivity index (χ4v) is 4.51. The Morgan fingerprint density at radius 2 is 1.16 bits per heavy atom. The molecule has 0 saturated heterocycles. The highest BCUT2D eigenvalue weighted by Gasteiger charge is 2.18. The first kappa shape index (κ1) is 35.1. The van der Waals surface area contributed by atoms with Crippen LogP contribution in [0.15, 0.2) is 54.6 Å². The average molecular weight is 602 g/mol. The lowest BCUT2D eigenvalue weighted by Gasteiger charge is -2.16. The van der Waals surface area contributed by atoms with Crippen molar-refractivity contribution >= 4 is 5.57 Å². The quantitative estimate of drug-likeness (QED) is 0.153. The van der Waals surface area contributed by atoms with E-state index >= 15 is 0 Å². The van der Waals surface area contributed by atoms with Crippen LogP contribution in [-0.4, -0.2) is 118 Å². The Morgan fingerprint density at radius 3 is 1.79 bits per heavy atom. The first-order chi connectivity index (χ1) is 21.3. The summed E-state index contributed by atoms with van der Waals surface area (Å²) in [6.45, 7) is 10.1. The summed E-state index contributed by atoms with van der Waals surface area (Å²) >= 11 is 0. The summed E-state index contributed by atoms with van der Waals surface area (Å²) < 4.78 is 44.3. The molecule has 0 N–H and O–H groups in total. The molecule has 0 fully saturated rings. The SMILES string of the molecule is COCCCOCCOCCOCCOCCOCCOCCN(C)CC/C=C1/c2ccccc2COc2ccccc21. The van der Waals surface area contributed by atoms with Gasteiger partial charge in [-0.3, -0.25) is 0 Å². The van der Waals surface area contributed by atoms with Gasteiger partial charge in [0.15, 0.2) is 0 Å². The van der Waals surface area contributed by atoms with E-state index in [2.05, 4.69) is 60.5 Å². The molecule has 3 rings (SSSR count). The topological polar surface area (TPSA) is 77.1 Å². The van der Waals surface area contributed by atoms with Crippen LogP contribution >= 0.6 is 0 Å². The fraction of sp³-hybridized carbons (Fsp3) is 0.588. The predicted octanol–water partition coefficient (Wildman–Crippen LogP) is 4.47. The molecule has 9 heteroatoms. The van der Waals surface area contributed by atoms with Crippen LogP contribution in [0, 0.1) is 0 Å². The molecule has 9 nitrogen and oxygen atoms in total. The van der Waals surface area contributed by atoms with Crippen LogP contribution in [0.1, 0.15) is 29.5 Å². The molecule has 240 valence electrons. The molecular formula is C34H51NO8. The second-order valence-electron chi connectivity index (χ2n) is 10.2. The highest BCUT2D eigenvalue weighted by Crippen LogP contribution is 2.36. The lowest BCUT2D eigenvalue weighted by molar-refractivity contribution is -0.0178. The van der Waals surface area contributed by atoms with Crippen molar-refractivity contribution in [3.05, 3.63) is 71.3 Å². The minimum Gasteiger partial charge on any atom is -0.488 e. The van der Waals surface area contributed by atoms with Crippen molar-refractivity contribution in [1.29, 1.82) is 0 Å². The molecule has 0 radical (unpaired) electrons. The number of benzene rings is 2. The number of hydrogen-bond donors (Lipinski definition) is 0. The van der Waals surface area contributed by atoms with Gasteiger partial charge in [0.05, 0.1) is 72.7 Å². The van der Waals surface area contributed by atoms with Gasteiger partial charge < -0.3 is 42.8 Å². The van der Waals surface area contributed by atoms with Crippen molar-refractivity contribution in [3.63, 3.8) is 0 Å². The summed E-state index contributed by atoms with van der Waals surface area (Å²) in [6.07, 6.45) is 4.19. The third kappa shape index (κ3) is 14.8. The minimum absolute atomic E-state index is 0.540. The van der Waals surface area contributed by atoms with E-state index in [1.54, 1.807) is 7.11 Å². The molecule has 0 aliphatic carbocycles. The van der Waals surface area contributed by atoms with Crippen LogP contribution in [0.2, 0.25) is 0 Å².